The van der Waals surface area contributed by atoms with Crippen molar-refractivity contribution in [1.29, 1.82) is 0 Å². The summed E-state index contributed by atoms with van der Waals surface area (Å²) >= 11 is 0. The maximum atomic E-state index is 13.4. The van der Waals surface area contributed by atoms with Crippen LogP contribution < -0.4 is 10.7 Å². The fourth-order valence-electron chi connectivity index (χ4n) is 5.57. The number of hydrogen-bond donors (Lipinski definition) is 1. The van der Waals surface area contributed by atoms with Crippen LogP contribution in [0, 0.1) is 24.7 Å². The van der Waals surface area contributed by atoms with Gasteiger partial charge in [-0.15, -0.1) is 0 Å². The molecule has 2 aromatic heterocycles. The smallest absolute Gasteiger partial charge is 0.257 e. The molecule has 1 saturated carbocycles. The molecule has 0 aliphatic heterocycles. The molecule has 1 aromatic carbocycles. The van der Waals surface area contributed by atoms with E-state index >= 15 is 0 Å². The number of hydrogen-bond acceptors (Lipinski definition) is 3. The van der Waals surface area contributed by atoms with Gasteiger partial charge in [0.2, 0.25) is 0 Å². The van der Waals surface area contributed by atoms with Crippen molar-refractivity contribution in [2.24, 2.45) is 17.8 Å². The number of carbonyl (C=O) groups excluding carboxylic acids is 1. The van der Waals surface area contributed by atoms with Crippen molar-refractivity contribution in [3.8, 4) is 0 Å². The third kappa shape index (κ3) is 4.74. The molecule has 34 heavy (non-hydrogen) atoms. The number of aromatic nitrogens is 2. The molecule has 0 spiro atoms. The van der Waals surface area contributed by atoms with E-state index in [-0.39, 0.29) is 16.9 Å². The van der Waals surface area contributed by atoms with Crippen LogP contribution in [0.4, 0.5) is 0 Å². The van der Waals surface area contributed by atoms with Gasteiger partial charge >= 0.3 is 0 Å². The summed E-state index contributed by atoms with van der Waals surface area (Å²) in [5.41, 5.74) is 4.02. The van der Waals surface area contributed by atoms with Gasteiger partial charge in [0.25, 0.3) is 5.91 Å². The van der Waals surface area contributed by atoms with Crippen LogP contribution in [0.3, 0.4) is 0 Å². The van der Waals surface area contributed by atoms with Gasteiger partial charge in [-0.25, -0.2) is 0 Å². The molecule has 174 valence electrons. The number of pyridine rings is 2. The van der Waals surface area contributed by atoms with Crippen molar-refractivity contribution in [3.63, 3.8) is 0 Å². The van der Waals surface area contributed by atoms with E-state index in [1.165, 1.54) is 12.0 Å². The van der Waals surface area contributed by atoms with Gasteiger partial charge in [0.1, 0.15) is 5.56 Å². The van der Waals surface area contributed by atoms with Crippen molar-refractivity contribution in [1.82, 2.24) is 14.9 Å². The van der Waals surface area contributed by atoms with Crippen molar-refractivity contribution in [2.75, 3.05) is 6.54 Å². The fourth-order valence-corrected chi connectivity index (χ4v) is 5.57. The monoisotopic (exact) mass is 453 g/mol. The predicted octanol–water partition coefficient (Wildman–Crippen LogP) is 4.33. The minimum Gasteiger partial charge on any atom is -0.352 e. The summed E-state index contributed by atoms with van der Waals surface area (Å²) in [7, 11) is 0. The molecular weight excluding hydrogens is 422 g/mol. The van der Waals surface area contributed by atoms with Gasteiger partial charge in [0, 0.05) is 42.9 Å². The molecule has 0 saturated heterocycles. The molecule has 3 atom stereocenters. The van der Waals surface area contributed by atoms with E-state index in [0.29, 0.717) is 37.3 Å². The van der Waals surface area contributed by atoms with Crippen LogP contribution in [0.5, 0.6) is 0 Å². The molecule has 2 heterocycles. The highest BCUT2D eigenvalue weighted by atomic mass is 16.2. The first-order valence-electron chi connectivity index (χ1n) is 12.2. The maximum absolute atomic E-state index is 13.4. The average molecular weight is 454 g/mol. The number of aryl methyl sites for hydroxylation is 2. The summed E-state index contributed by atoms with van der Waals surface area (Å²) in [4.78, 5) is 30.7. The van der Waals surface area contributed by atoms with Crippen LogP contribution in [0.1, 0.15) is 45.7 Å². The van der Waals surface area contributed by atoms with Crippen LogP contribution in [0.15, 0.2) is 77.9 Å². The minimum atomic E-state index is -0.247. The Morgan fingerprint density at radius 1 is 1.03 bits per heavy atom. The lowest BCUT2D eigenvalue weighted by molar-refractivity contribution is 0.0942. The van der Waals surface area contributed by atoms with Crippen LogP contribution in [-0.2, 0) is 19.4 Å². The van der Waals surface area contributed by atoms with Crippen molar-refractivity contribution in [2.45, 2.75) is 39.2 Å². The quantitative estimate of drug-likeness (QED) is 0.517. The minimum absolute atomic E-state index is 0.197. The van der Waals surface area contributed by atoms with Crippen molar-refractivity contribution < 1.29 is 4.79 Å². The Bertz CT molecular complexity index is 1250. The molecule has 5 heteroatoms. The molecule has 2 aliphatic carbocycles. The zero-order valence-corrected chi connectivity index (χ0v) is 19.6. The second-order valence-electron chi connectivity index (χ2n) is 9.65. The van der Waals surface area contributed by atoms with Gasteiger partial charge < -0.3 is 9.88 Å². The summed E-state index contributed by atoms with van der Waals surface area (Å²) in [5.74, 6) is 1.44. The molecule has 0 radical (unpaired) electrons. The standard InChI is InChI=1S/C29H31N3O2/c1-20-15-27(33)28(29(34)31-18-25-17-23-7-9-24(25)16-23)26(10-8-21-5-3-2-4-6-21)32(20)19-22-11-13-30-14-12-22/h2-7,9,11-15,23-25H,8,10,16-19H2,1H3,(H,31,34)/t23-,24+,25-/m0/s1. The summed E-state index contributed by atoms with van der Waals surface area (Å²) in [6.45, 7) is 3.16. The topological polar surface area (TPSA) is 64.0 Å². The summed E-state index contributed by atoms with van der Waals surface area (Å²) in [6.07, 6.45) is 11.9. The SMILES string of the molecule is Cc1cc(=O)c(C(=O)NC[C@@H]2C[C@H]3C=C[C@@H]2C3)c(CCc2ccccc2)n1Cc1ccncc1. The lowest BCUT2D eigenvalue weighted by Gasteiger charge is -2.22. The number of nitrogens with zero attached hydrogens (tertiary/aromatic N) is 2. The van der Waals surface area contributed by atoms with E-state index in [2.05, 4.69) is 39.2 Å². The number of fused-ring (bicyclic) bond motifs is 2. The van der Waals surface area contributed by atoms with Crippen LogP contribution in [-0.4, -0.2) is 22.0 Å². The molecule has 5 rings (SSSR count). The third-order valence-corrected chi connectivity index (χ3v) is 7.38. The van der Waals surface area contributed by atoms with Crippen molar-refractivity contribution >= 4 is 5.91 Å². The third-order valence-electron chi connectivity index (χ3n) is 7.38. The number of amides is 1. The Morgan fingerprint density at radius 2 is 1.82 bits per heavy atom. The number of carbonyl (C=O) groups is 1. The Kier molecular flexibility index (Phi) is 6.43. The summed E-state index contributed by atoms with van der Waals surface area (Å²) < 4.78 is 2.12. The first-order chi connectivity index (χ1) is 16.6. The van der Waals surface area contributed by atoms with E-state index in [9.17, 15) is 9.59 Å². The second-order valence-corrected chi connectivity index (χ2v) is 9.65. The molecule has 3 aromatic rings. The molecule has 5 nitrogen and oxygen atoms in total. The highest BCUT2D eigenvalue weighted by Crippen LogP contribution is 2.42. The Morgan fingerprint density at radius 3 is 2.53 bits per heavy atom. The number of rotatable bonds is 8. The highest BCUT2D eigenvalue weighted by molar-refractivity contribution is 5.95. The number of allylic oxidation sites excluding steroid dienone is 2. The van der Waals surface area contributed by atoms with E-state index in [1.54, 1.807) is 18.5 Å². The first kappa shape index (κ1) is 22.3. The van der Waals surface area contributed by atoms with Crippen LogP contribution >= 0.6 is 0 Å². The zero-order chi connectivity index (χ0) is 23.5. The highest BCUT2D eigenvalue weighted by Gasteiger charge is 2.35. The zero-order valence-electron chi connectivity index (χ0n) is 19.6. The van der Waals surface area contributed by atoms with Gasteiger partial charge in [0.05, 0.1) is 0 Å². The molecule has 1 amide bonds. The predicted molar refractivity (Wildman–Crippen MR) is 134 cm³/mol. The fraction of sp³-hybridized carbons (Fsp3) is 0.345. The van der Waals surface area contributed by atoms with Crippen molar-refractivity contribution in [3.05, 3.63) is 111 Å². The normalized spacial score (nSPS) is 20.6. The molecule has 2 bridgehead atoms. The molecule has 1 N–H and O–H groups in total. The van der Waals surface area contributed by atoms with Crippen LogP contribution in [0.2, 0.25) is 0 Å². The Labute approximate surface area is 200 Å². The molecule has 2 aliphatic rings. The van der Waals surface area contributed by atoms with Crippen LogP contribution in [0.25, 0.3) is 0 Å². The van der Waals surface area contributed by atoms with Gasteiger partial charge in [-0.05, 0) is 73.6 Å². The first-order valence-corrected chi connectivity index (χ1v) is 12.2. The van der Waals surface area contributed by atoms with E-state index in [0.717, 1.165) is 29.8 Å². The van der Waals surface area contributed by atoms with Gasteiger partial charge in [-0.2, -0.15) is 0 Å². The Hall–Kier alpha value is -3.47. The van der Waals surface area contributed by atoms with E-state index in [1.807, 2.05) is 37.3 Å². The van der Waals surface area contributed by atoms with Gasteiger partial charge in [-0.1, -0.05) is 42.5 Å². The maximum Gasteiger partial charge on any atom is 0.257 e. The molecular formula is C29H31N3O2. The van der Waals surface area contributed by atoms with E-state index in [4.69, 9.17) is 0 Å². The van der Waals surface area contributed by atoms with Gasteiger partial charge in [-0.3, -0.25) is 14.6 Å². The average Bonchev–Trinajstić information content (AvgIpc) is 3.48. The lowest BCUT2D eigenvalue weighted by atomic mass is 9.93. The largest absolute Gasteiger partial charge is 0.352 e. The molecule has 1 fully saturated rings. The second kappa shape index (κ2) is 9.80. The van der Waals surface area contributed by atoms with E-state index < -0.39 is 0 Å². The Balaban J connectivity index is 1.45. The van der Waals surface area contributed by atoms with Gasteiger partial charge in [0.15, 0.2) is 5.43 Å². The number of benzene rings is 1. The molecule has 0 unspecified atom stereocenters. The summed E-state index contributed by atoms with van der Waals surface area (Å²) in [6, 6.07) is 15.8. The number of nitrogens with one attached hydrogen (secondary N) is 1. The summed E-state index contributed by atoms with van der Waals surface area (Å²) in [5, 5.41) is 3.12. The lowest BCUT2D eigenvalue weighted by Crippen LogP contribution is -2.36.